The van der Waals surface area contributed by atoms with Gasteiger partial charge in [0.2, 0.25) is 0 Å². The molecule has 2 nitrogen and oxygen atoms in total. The molecule has 0 amide bonds. The van der Waals surface area contributed by atoms with E-state index in [1.807, 2.05) is 18.2 Å². The molecule has 1 heterocycles. The molecule has 2 aromatic rings. The first-order chi connectivity index (χ1) is 9.87. The number of aromatic nitrogens is 1. The highest BCUT2D eigenvalue weighted by Crippen LogP contribution is 2.41. The minimum Gasteiger partial charge on any atom is -0.344 e. The number of nitrogens with zero attached hydrogens (tertiary/aromatic N) is 1. The SMILES string of the molecule is CC(c1cccc(Cl)c1)n1ccc2c1CC(C)(C)CC2N. The van der Waals surface area contributed by atoms with Crippen LogP contribution in [0.3, 0.4) is 0 Å². The number of fused-ring (bicyclic) bond motifs is 1. The molecule has 1 aliphatic rings. The van der Waals surface area contributed by atoms with Gasteiger partial charge in [0.05, 0.1) is 6.04 Å². The molecule has 3 rings (SSSR count). The Kier molecular flexibility index (Phi) is 3.62. The van der Waals surface area contributed by atoms with Crippen LogP contribution in [0.5, 0.6) is 0 Å². The maximum atomic E-state index is 6.36. The van der Waals surface area contributed by atoms with Gasteiger partial charge in [0.25, 0.3) is 0 Å². The number of benzene rings is 1. The van der Waals surface area contributed by atoms with E-state index in [4.69, 9.17) is 17.3 Å². The Labute approximate surface area is 131 Å². The fraction of sp³-hybridized carbons (Fsp3) is 0.444. The van der Waals surface area contributed by atoms with Crippen molar-refractivity contribution in [2.24, 2.45) is 11.1 Å². The molecule has 0 saturated heterocycles. The second-order valence-corrected chi connectivity index (χ2v) is 7.44. The molecule has 1 aromatic heterocycles. The van der Waals surface area contributed by atoms with Crippen LogP contribution in [0.4, 0.5) is 0 Å². The van der Waals surface area contributed by atoms with E-state index in [1.165, 1.54) is 16.8 Å². The summed E-state index contributed by atoms with van der Waals surface area (Å²) in [6.45, 7) is 6.83. The lowest BCUT2D eigenvalue weighted by atomic mass is 9.74. The highest BCUT2D eigenvalue weighted by Gasteiger charge is 2.33. The first-order valence-electron chi connectivity index (χ1n) is 7.58. The van der Waals surface area contributed by atoms with Crippen LogP contribution in [0.1, 0.15) is 56.1 Å². The van der Waals surface area contributed by atoms with Crippen molar-refractivity contribution in [3.05, 3.63) is 58.4 Å². The Morgan fingerprint density at radius 3 is 2.81 bits per heavy atom. The van der Waals surface area contributed by atoms with Crippen molar-refractivity contribution in [3.8, 4) is 0 Å². The third kappa shape index (κ3) is 2.75. The maximum absolute atomic E-state index is 6.36. The van der Waals surface area contributed by atoms with E-state index >= 15 is 0 Å². The van der Waals surface area contributed by atoms with E-state index in [9.17, 15) is 0 Å². The minimum absolute atomic E-state index is 0.150. The average molecular weight is 303 g/mol. The zero-order valence-electron chi connectivity index (χ0n) is 12.9. The average Bonchev–Trinajstić information content (AvgIpc) is 2.80. The Morgan fingerprint density at radius 2 is 2.10 bits per heavy atom. The molecule has 0 saturated carbocycles. The predicted octanol–water partition coefficient (Wildman–Crippen LogP) is 4.72. The zero-order valence-corrected chi connectivity index (χ0v) is 13.7. The van der Waals surface area contributed by atoms with Crippen molar-refractivity contribution >= 4 is 11.6 Å². The van der Waals surface area contributed by atoms with Crippen LogP contribution >= 0.6 is 11.6 Å². The molecule has 1 aliphatic carbocycles. The molecule has 21 heavy (non-hydrogen) atoms. The summed E-state index contributed by atoms with van der Waals surface area (Å²) in [4.78, 5) is 0. The maximum Gasteiger partial charge on any atom is 0.0555 e. The van der Waals surface area contributed by atoms with Crippen LogP contribution in [0, 0.1) is 5.41 Å². The van der Waals surface area contributed by atoms with Gasteiger partial charge in [-0.25, -0.2) is 0 Å². The summed E-state index contributed by atoms with van der Waals surface area (Å²) in [5.41, 5.74) is 10.5. The Bertz CT molecular complexity index is 657. The number of rotatable bonds is 2. The summed E-state index contributed by atoms with van der Waals surface area (Å²) in [6, 6.07) is 10.7. The first kappa shape index (κ1) is 14.7. The number of hydrogen-bond acceptors (Lipinski definition) is 1. The molecule has 112 valence electrons. The monoisotopic (exact) mass is 302 g/mol. The molecule has 0 radical (unpaired) electrons. The van der Waals surface area contributed by atoms with Gasteiger partial charge in [-0.2, -0.15) is 0 Å². The van der Waals surface area contributed by atoms with Crippen LogP contribution in [0.25, 0.3) is 0 Å². The summed E-state index contributed by atoms with van der Waals surface area (Å²) in [6.07, 6.45) is 4.31. The van der Waals surface area contributed by atoms with Gasteiger partial charge in [-0.15, -0.1) is 0 Å². The van der Waals surface area contributed by atoms with Crippen molar-refractivity contribution < 1.29 is 0 Å². The molecule has 2 unspecified atom stereocenters. The van der Waals surface area contributed by atoms with E-state index in [-0.39, 0.29) is 17.5 Å². The molecule has 0 bridgehead atoms. The van der Waals surface area contributed by atoms with Crippen molar-refractivity contribution in [2.45, 2.75) is 45.7 Å². The van der Waals surface area contributed by atoms with Gasteiger partial charge in [-0.1, -0.05) is 37.6 Å². The van der Waals surface area contributed by atoms with E-state index in [0.717, 1.165) is 17.9 Å². The van der Waals surface area contributed by atoms with Gasteiger partial charge in [0.1, 0.15) is 0 Å². The minimum atomic E-state index is 0.150. The van der Waals surface area contributed by atoms with Crippen molar-refractivity contribution in [1.29, 1.82) is 0 Å². The Balaban J connectivity index is 2.01. The number of halogens is 1. The van der Waals surface area contributed by atoms with Gasteiger partial charge in [-0.3, -0.25) is 0 Å². The van der Waals surface area contributed by atoms with Gasteiger partial charge in [0, 0.05) is 23.0 Å². The fourth-order valence-corrected chi connectivity index (χ4v) is 3.75. The lowest BCUT2D eigenvalue weighted by Crippen LogP contribution is -2.31. The summed E-state index contributed by atoms with van der Waals surface area (Å²) in [5.74, 6) is 0. The van der Waals surface area contributed by atoms with Gasteiger partial charge >= 0.3 is 0 Å². The van der Waals surface area contributed by atoms with E-state index < -0.39 is 0 Å². The smallest absolute Gasteiger partial charge is 0.0555 e. The summed E-state index contributed by atoms with van der Waals surface area (Å²) < 4.78 is 2.36. The van der Waals surface area contributed by atoms with Crippen LogP contribution in [0.2, 0.25) is 5.02 Å². The number of hydrogen-bond donors (Lipinski definition) is 1. The lowest BCUT2D eigenvalue weighted by Gasteiger charge is -2.35. The van der Waals surface area contributed by atoms with Crippen LogP contribution in [-0.4, -0.2) is 4.57 Å². The van der Waals surface area contributed by atoms with Crippen molar-refractivity contribution in [3.63, 3.8) is 0 Å². The standard InChI is InChI=1S/C18H23ClN2/c1-12(13-5-4-6-14(19)9-13)21-8-7-15-16(20)10-18(2,3)11-17(15)21/h4-9,12,16H,10-11,20H2,1-3H3. The predicted molar refractivity (Wildman–Crippen MR) is 88.7 cm³/mol. The molecule has 0 aliphatic heterocycles. The molecule has 2 N–H and O–H groups in total. The molecule has 2 atom stereocenters. The summed E-state index contributed by atoms with van der Waals surface area (Å²) in [5, 5.41) is 0.789. The van der Waals surface area contributed by atoms with Gasteiger partial charge in [0.15, 0.2) is 0 Å². The van der Waals surface area contributed by atoms with Gasteiger partial charge in [-0.05, 0) is 54.5 Å². The van der Waals surface area contributed by atoms with Crippen LogP contribution in [0.15, 0.2) is 36.5 Å². The third-order valence-electron chi connectivity index (χ3n) is 4.63. The van der Waals surface area contributed by atoms with Gasteiger partial charge < -0.3 is 10.3 Å². The van der Waals surface area contributed by atoms with Crippen molar-refractivity contribution in [1.82, 2.24) is 4.57 Å². The van der Waals surface area contributed by atoms with Crippen LogP contribution < -0.4 is 5.73 Å². The van der Waals surface area contributed by atoms with E-state index in [0.29, 0.717) is 0 Å². The highest BCUT2D eigenvalue weighted by molar-refractivity contribution is 6.30. The zero-order chi connectivity index (χ0) is 15.2. The molecule has 0 fully saturated rings. The molecule has 1 aromatic carbocycles. The molecular formula is C18H23ClN2. The fourth-order valence-electron chi connectivity index (χ4n) is 3.55. The lowest BCUT2D eigenvalue weighted by molar-refractivity contribution is 0.274. The second-order valence-electron chi connectivity index (χ2n) is 7.01. The molecule has 3 heteroatoms. The normalized spacial score (nSPS) is 21.9. The largest absolute Gasteiger partial charge is 0.344 e. The van der Waals surface area contributed by atoms with E-state index in [1.54, 1.807) is 0 Å². The van der Waals surface area contributed by atoms with E-state index in [2.05, 4.69) is 43.7 Å². The molecule has 0 spiro atoms. The highest BCUT2D eigenvalue weighted by atomic mass is 35.5. The quantitative estimate of drug-likeness (QED) is 0.854. The topological polar surface area (TPSA) is 30.9 Å². The molecular weight excluding hydrogens is 280 g/mol. The van der Waals surface area contributed by atoms with Crippen molar-refractivity contribution in [2.75, 3.05) is 0 Å². The Hall–Kier alpha value is -1.25. The summed E-state index contributed by atoms with van der Waals surface area (Å²) >= 11 is 6.13. The summed E-state index contributed by atoms with van der Waals surface area (Å²) in [7, 11) is 0. The Morgan fingerprint density at radius 1 is 1.33 bits per heavy atom. The number of nitrogens with two attached hydrogens (primary N) is 1. The van der Waals surface area contributed by atoms with Crippen LogP contribution in [-0.2, 0) is 6.42 Å². The first-order valence-corrected chi connectivity index (χ1v) is 7.96. The second kappa shape index (κ2) is 5.19. The third-order valence-corrected chi connectivity index (χ3v) is 4.86.